The van der Waals surface area contributed by atoms with E-state index in [0.717, 1.165) is 11.3 Å². The van der Waals surface area contributed by atoms with Gasteiger partial charge in [0.15, 0.2) is 11.5 Å². The van der Waals surface area contributed by atoms with Crippen LogP contribution in [0.5, 0.6) is 11.5 Å². The lowest BCUT2D eigenvalue weighted by Crippen LogP contribution is -2.18. The fourth-order valence-corrected chi connectivity index (χ4v) is 3.01. The van der Waals surface area contributed by atoms with Crippen LogP contribution in [0.2, 0.25) is 0 Å². The average Bonchev–Trinajstić information content (AvgIpc) is 3.36. The van der Waals surface area contributed by atoms with Crippen LogP contribution in [-0.2, 0) is 6.54 Å². The van der Waals surface area contributed by atoms with Gasteiger partial charge in [0.2, 0.25) is 6.79 Å². The molecule has 1 N–H and O–H groups in total. The van der Waals surface area contributed by atoms with Crippen molar-refractivity contribution in [3.05, 3.63) is 76.4 Å². The van der Waals surface area contributed by atoms with Gasteiger partial charge < -0.3 is 19.4 Å². The van der Waals surface area contributed by atoms with Gasteiger partial charge >= 0.3 is 0 Å². The SMILES string of the molecule is C[C@H](NCc1cc2c(cc1[N+](=O)[O-])OCO2)c1ccc(-n2ccnc2)cc1. The molecular weight excluding hydrogens is 348 g/mol. The molecule has 27 heavy (non-hydrogen) atoms. The van der Waals surface area contributed by atoms with E-state index in [1.54, 1.807) is 18.6 Å². The molecule has 1 aliphatic heterocycles. The van der Waals surface area contributed by atoms with Gasteiger partial charge in [0.25, 0.3) is 5.69 Å². The third-order valence-corrected chi connectivity index (χ3v) is 4.56. The summed E-state index contributed by atoms with van der Waals surface area (Å²) in [7, 11) is 0. The number of nitrogens with zero attached hydrogens (tertiary/aromatic N) is 3. The molecule has 2 heterocycles. The van der Waals surface area contributed by atoms with Gasteiger partial charge in [0.1, 0.15) is 0 Å². The van der Waals surface area contributed by atoms with Crippen molar-refractivity contribution in [2.24, 2.45) is 0 Å². The Hall–Kier alpha value is -3.39. The van der Waals surface area contributed by atoms with Gasteiger partial charge in [-0.05, 0) is 30.7 Å². The maximum absolute atomic E-state index is 11.4. The third-order valence-electron chi connectivity index (χ3n) is 4.56. The van der Waals surface area contributed by atoms with E-state index in [1.807, 2.05) is 42.0 Å². The zero-order chi connectivity index (χ0) is 18.8. The minimum atomic E-state index is -0.399. The molecule has 0 saturated heterocycles. The fraction of sp³-hybridized carbons (Fsp3) is 0.211. The maximum atomic E-state index is 11.4. The van der Waals surface area contributed by atoms with E-state index in [-0.39, 0.29) is 18.5 Å². The highest BCUT2D eigenvalue weighted by Crippen LogP contribution is 2.38. The number of nitro groups is 1. The van der Waals surface area contributed by atoms with Gasteiger partial charge in [-0.1, -0.05) is 12.1 Å². The number of ether oxygens (including phenoxy) is 2. The molecule has 0 spiro atoms. The molecule has 3 aromatic rings. The number of benzene rings is 2. The highest BCUT2D eigenvalue weighted by molar-refractivity contribution is 5.55. The summed E-state index contributed by atoms with van der Waals surface area (Å²) in [6.45, 7) is 2.45. The second kappa shape index (κ2) is 7.08. The number of nitro benzene ring substituents is 1. The molecular formula is C19H18N4O4. The van der Waals surface area contributed by atoms with Crippen LogP contribution < -0.4 is 14.8 Å². The van der Waals surface area contributed by atoms with Crippen molar-refractivity contribution in [3.63, 3.8) is 0 Å². The smallest absolute Gasteiger partial charge is 0.277 e. The number of imidazole rings is 1. The first kappa shape index (κ1) is 17.0. The van der Waals surface area contributed by atoms with Crippen molar-refractivity contribution < 1.29 is 14.4 Å². The summed E-state index contributed by atoms with van der Waals surface area (Å²) in [5.41, 5.74) is 2.69. The second-order valence-corrected chi connectivity index (χ2v) is 6.26. The first-order valence-corrected chi connectivity index (χ1v) is 8.50. The van der Waals surface area contributed by atoms with Crippen LogP contribution in [0, 0.1) is 10.1 Å². The van der Waals surface area contributed by atoms with Crippen LogP contribution >= 0.6 is 0 Å². The Balaban J connectivity index is 1.48. The number of hydrogen-bond acceptors (Lipinski definition) is 6. The molecule has 0 amide bonds. The Kier molecular flexibility index (Phi) is 4.47. The molecule has 8 heteroatoms. The lowest BCUT2D eigenvalue weighted by atomic mass is 10.1. The van der Waals surface area contributed by atoms with Gasteiger partial charge in [-0.2, -0.15) is 0 Å². The van der Waals surface area contributed by atoms with Crippen molar-refractivity contribution >= 4 is 5.69 Å². The normalized spacial score (nSPS) is 13.5. The zero-order valence-corrected chi connectivity index (χ0v) is 14.7. The molecule has 0 fully saturated rings. The van der Waals surface area contributed by atoms with Gasteiger partial charge in [0, 0.05) is 36.2 Å². The van der Waals surface area contributed by atoms with Crippen LogP contribution in [0.1, 0.15) is 24.1 Å². The van der Waals surface area contributed by atoms with E-state index >= 15 is 0 Å². The van der Waals surface area contributed by atoms with E-state index in [2.05, 4.69) is 10.3 Å². The minimum Gasteiger partial charge on any atom is -0.454 e. The van der Waals surface area contributed by atoms with Gasteiger partial charge in [-0.15, -0.1) is 0 Å². The molecule has 138 valence electrons. The number of aromatic nitrogens is 2. The lowest BCUT2D eigenvalue weighted by Gasteiger charge is -2.15. The van der Waals surface area contributed by atoms with Gasteiger partial charge in [-0.3, -0.25) is 10.1 Å². The Morgan fingerprint density at radius 2 is 2.00 bits per heavy atom. The summed E-state index contributed by atoms with van der Waals surface area (Å²) in [6, 6.07) is 11.2. The highest BCUT2D eigenvalue weighted by Gasteiger charge is 2.23. The summed E-state index contributed by atoms with van der Waals surface area (Å²) in [6.07, 6.45) is 5.36. The molecule has 0 saturated carbocycles. The highest BCUT2D eigenvalue weighted by atomic mass is 16.7. The van der Waals surface area contributed by atoms with Crippen molar-refractivity contribution in [2.75, 3.05) is 6.79 Å². The van der Waals surface area contributed by atoms with Gasteiger partial charge in [-0.25, -0.2) is 4.98 Å². The molecule has 8 nitrogen and oxygen atoms in total. The largest absolute Gasteiger partial charge is 0.454 e. The first-order valence-electron chi connectivity index (χ1n) is 8.50. The topological polar surface area (TPSA) is 91.5 Å². The summed E-state index contributed by atoms with van der Waals surface area (Å²) < 4.78 is 12.5. The molecule has 0 aliphatic carbocycles. The Morgan fingerprint density at radius 1 is 1.26 bits per heavy atom. The van der Waals surface area contributed by atoms with Crippen LogP contribution in [0.15, 0.2) is 55.1 Å². The average molecular weight is 366 g/mol. The Bertz CT molecular complexity index is 955. The Morgan fingerprint density at radius 3 is 2.67 bits per heavy atom. The van der Waals surface area contributed by atoms with E-state index < -0.39 is 4.92 Å². The Labute approximate surface area is 155 Å². The lowest BCUT2D eigenvalue weighted by molar-refractivity contribution is -0.385. The van der Waals surface area contributed by atoms with Crippen molar-refractivity contribution in [1.29, 1.82) is 0 Å². The van der Waals surface area contributed by atoms with Crippen LogP contribution in [0.4, 0.5) is 5.69 Å². The number of hydrogen-bond donors (Lipinski definition) is 1. The van der Waals surface area contributed by atoms with Crippen LogP contribution in [0.25, 0.3) is 5.69 Å². The summed E-state index contributed by atoms with van der Waals surface area (Å²) in [5.74, 6) is 0.948. The van der Waals surface area contributed by atoms with E-state index in [4.69, 9.17) is 9.47 Å². The third kappa shape index (κ3) is 3.47. The van der Waals surface area contributed by atoms with Crippen molar-refractivity contribution in [3.8, 4) is 17.2 Å². The second-order valence-electron chi connectivity index (χ2n) is 6.26. The molecule has 0 bridgehead atoms. The van der Waals surface area contributed by atoms with Crippen molar-refractivity contribution in [1.82, 2.24) is 14.9 Å². The van der Waals surface area contributed by atoms with Crippen LogP contribution in [-0.4, -0.2) is 21.3 Å². The monoisotopic (exact) mass is 366 g/mol. The standard InChI is InChI=1S/C19H18N4O4/c1-13(14-2-4-16(5-3-14)22-7-6-20-11-22)21-10-15-8-18-19(27-12-26-18)9-17(15)23(24)25/h2-9,11,13,21H,10,12H2,1H3/t13-/m0/s1. The predicted molar refractivity (Wildman–Crippen MR) is 98.0 cm³/mol. The molecule has 0 unspecified atom stereocenters. The molecule has 1 aromatic heterocycles. The molecule has 4 rings (SSSR count). The molecule has 1 atom stereocenters. The predicted octanol–water partition coefficient (Wildman–Crippen LogP) is 3.36. The molecule has 1 aliphatic rings. The zero-order valence-electron chi connectivity index (χ0n) is 14.7. The minimum absolute atomic E-state index is 0.0202. The van der Waals surface area contributed by atoms with Crippen molar-refractivity contribution in [2.45, 2.75) is 19.5 Å². The van der Waals surface area contributed by atoms with E-state index in [1.165, 1.54) is 6.07 Å². The fourth-order valence-electron chi connectivity index (χ4n) is 3.01. The summed E-state index contributed by atoms with van der Waals surface area (Å²) >= 11 is 0. The summed E-state index contributed by atoms with van der Waals surface area (Å²) in [5, 5.41) is 14.7. The number of fused-ring (bicyclic) bond motifs is 1. The maximum Gasteiger partial charge on any atom is 0.277 e. The number of rotatable bonds is 6. The van der Waals surface area contributed by atoms with Crippen LogP contribution in [0.3, 0.4) is 0 Å². The molecule has 0 radical (unpaired) electrons. The van der Waals surface area contributed by atoms with Gasteiger partial charge in [0.05, 0.1) is 17.3 Å². The molecule has 2 aromatic carbocycles. The quantitative estimate of drug-likeness (QED) is 0.531. The first-order chi connectivity index (χ1) is 13.1. The van der Waals surface area contributed by atoms with E-state index in [0.29, 0.717) is 23.6 Å². The number of nitrogens with one attached hydrogen (secondary N) is 1. The summed E-state index contributed by atoms with van der Waals surface area (Å²) in [4.78, 5) is 15.0. The van der Waals surface area contributed by atoms with E-state index in [9.17, 15) is 10.1 Å².